The lowest BCUT2D eigenvalue weighted by Crippen LogP contribution is -2.45. The number of hydrogen-bond donors (Lipinski definition) is 3. The zero-order chi connectivity index (χ0) is 15.7. The third-order valence-corrected chi connectivity index (χ3v) is 4.31. The van der Waals surface area contributed by atoms with Gasteiger partial charge in [0.25, 0.3) is 0 Å². The van der Waals surface area contributed by atoms with E-state index in [0.717, 1.165) is 11.1 Å². The van der Waals surface area contributed by atoms with Gasteiger partial charge in [-0.2, -0.15) is 0 Å². The van der Waals surface area contributed by atoms with Crippen molar-refractivity contribution in [3.63, 3.8) is 0 Å². The predicted octanol–water partition coefficient (Wildman–Crippen LogP) is 2.33. The highest BCUT2D eigenvalue weighted by molar-refractivity contribution is 5.45. The van der Waals surface area contributed by atoms with Crippen LogP contribution in [0.2, 0.25) is 0 Å². The molecule has 0 spiro atoms. The Labute approximate surface area is 130 Å². The van der Waals surface area contributed by atoms with Gasteiger partial charge in [0.15, 0.2) is 6.10 Å². The average molecular weight is 299 g/mol. The molecule has 4 nitrogen and oxygen atoms in total. The van der Waals surface area contributed by atoms with Crippen LogP contribution >= 0.6 is 0 Å². The molecule has 0 radical (unpaired) electrons. The Bertz CT molecular complexity index is 686. The van der Waals surface area contributed by atoms with Crippen molar-refractivity contribution >= 4 is 0 Å². The van der Waals surface area contributed by atoms with Crippen LogP contribution in [0.3, 0.4) is 0 Å². The molecular weight excluding hydrogens is 278 g/mol. The molecule has 0 heterocycles. The molecule has 2 atom stereocenters. The molecule has 1 aliphatic rings. The number of aromatic hydroxyl groups is 1. The molecule has 0 amide bonds. The number of aliphatic hydroxyl groups is 1. The van der Waals surface area contributed by atoms with Gasteiger partial charge in [0.2, 0.25) is 0 Å². The SMILES string of the molecule is CNCC1(O)Cc2ccccc2C1Oc1cccc(O)c1C. The molecule has 3 rings (SSSR count). The molecule has 0 aliphatic heterocycles. The molecule has 2 unspecified atom stereocenters. The standard InChI is InChI=1S/C18H21NO3/c1-12-15(20)8-5-9-16(12)22-17-14-7-4-3-6-13(14)10-18(17,21)11-19-2/h3-9,17,19-21H,10-11H2,1-2H3. The van der Waals surface area contributed by atoms with E-state index in [1.165, 1.54) is 0 Å². The molecule has 3 N–H and O–H groups in total. The number of likely N-dealkylation sites (N-methyl/N-ethyl adjacent to an activating group) is 1. The molecule has 0 saturated carbocycles. The summed E-state index contributed by atoms with van der Waals surface area (Å²) in [5, 5.41) is 23.9. The van der Waals surface area contributed by atoms with Crippen LogP contribution in [0.15, 0.2) is 42.5 Å². The molecule has 2 aromatic rings. The van der Waals surface area contributed by atoms with Crippen LogP contribution in [0.5, 0.6) is 11.5 Å². The number of ether oxygens (including phenoxy) is 1. The number of phenolic OH excluding ortho intramolecular Hbond substituents is 1. The summed E-state index contributed by atoms with van der Waals surface area (Å²) in [6.45, 7) is 2.24. The topological polar surface area (TPSA) is 61.7 Å². The van der Waals surface area contributed by atoms with Crippen molar-refractivity contribution in [1.29, 1.82) is 0 Å². The van der Waals surface area contributed by atoms with E-state index in [4.69, 9.17) is 4.74 Å². The van der Waals surface area contributed by atoms with Crippen LogP contribution < -0.4 is 10.1 Å². The second kappa shape index (κ2) is 5.63. The highest BCUT2D eigenvalue weighted by Crippen LogP contribution is 2.43. The number of rotatable bonds is 4. The minimum atomic E-state index is -1.00. The fourth-order valence-corrected chi connectivity index (χ4v) is 3.15. The smallest absolute Gasteiger partial charge is 0.154 e. The second-order valence-corrected chi connectivity index (χ2v) is 5.91. The van der Waals surface area contributed by atoms with Crippen LogP contribution in [0.25, 0.3) is 0 Å². The molecular formula is C18H21NO3. The summed E-state index contributed by atoms with van der Waals surface area (Å²) in [5.41, 5.74) is 1.78. The lowest BCUT2D eigenvalue weighted by molar-refractivity contribution is -0.0487. The van der Waals surface area contributed by atoms with Crippen molar-refractivity contribution in [2.24, 2.45) is 0 Å². The summed E-state index contributed by atoms with van der Waals surface area (Å²) >= 11 is 0. The van der Waals surface area contributed by atoms with Crippen LogP contribution in [-0.2, 0) is 6.42 Å². The van der Waals surface area contributed by atoms with Gasteiger partial charge in [-0.1, -0.05) is 30.3 Å². The summed E-state index contributed by atoms with van der Waals surface area (Å²) in [5.74, 6) is 0.789. The molecule has 0 bridgehead atoms. The van der Waals surface area contributed by atoms with Crippen molar-refractivity contribution in [3.05, 3.63) is 59.2 Å². The summed E-state index contributed by atoms with van der Waals surface area (Å²) in [4.78, 5) is 0. The van der Waals surface area contributed by atoms with Crippen LogP contribution in [-0.4, -0.2) is 29.4 Å². The molecule has 0 fully saturated rings. The third kappa shape index (κ3) is 2.45. The van der Waals surface area contributed by atoms with Gasteiger partial charge < -0.3 is 20.3 Å². The molecule has 1 aliphatic carbocycles. The van der Waals surface area contributed by atoms with Crippen molar-refractivity contribution in [2.45, 2.75) is 25.0 Å². The zero-order valence-corrected chi connectivity index (χ0v) is 12.8. The van der Waals surface area contributed by atoms with Gasteiger partial charge in [-0.05, 0) is 37.2 Å². The fourth-order valence-electron chi connectivity index (χ4n) is 3.15. The summed E-state index contributed by atoms with van der Waals surface area (Å²) in [6.07, 6.45) is 0.0867. The summed E-state index contributed by atoms with van der Waals surface area (Å²) in [7, 11) is 1.82. The van der Waals surface area contributed by atoms with Crippen LogP contribution in [0, 0.1) is 6.92 Å². The lowest BCUT2D eigenvalue weighted by Gasteiger charge is -2.31. The van der Waals surface area contributed by atoms with Gasteiger partial charge in [0.1, 0.15) is 17.1 Å². The first-order valence-corrected chi connectivity index (χ1v) is 7.45. The number of nitrogens with one attached hydrogen (secondary N) is 1. The van der Waals surface area contributed by atoms with Crippen molar-refractivity contribution in [3.8, 4) is 11.5 Å². The van der Waals surface area contributed by atoms with Gasteiger partial charge in [0.05, 0.1) is 0 Å². The number of benzene rings is 2. The largest absolute Gasteiger partial charge is 0.508 e. The quantitative estimate of drug-likeness (QED) is 0.811. The van der Waals surface area contributed by atoms with E-state index in [0.29, 0.717) is 24.3 Å². The van der Waals surface area contributed by atoms with Gasteiger partial charge in [-0.3, -0.25) is 0 Å². The van der Waals surface area contributed by atoms with Gasteiger partial charge in [0, 0.05) is 18.5 Å². The predicted molar refractivity (Wildman–Crippen MR) is 85.2 cm³/mol. The third-order valence-electron chi connectivity index (χ3n) is 4.31. The van der Waals surface area contributed by atoms with Crippen molar-refractivity contribution in [2.75, 3.05) is 13.6 Å². The molecule has 116 valence electrons. The van der Waals surface area contributed by atoms with Crippen molar-refractivity contribution < 1.29 is 14.9 Å². The molecule has 4 heteroatoms. The Morgan fingerprint density at radius 2 is 2.00 bits per heavy atom. The first kappa shape index (κ1) is 14.9. The Kier molecular flexibility index (Phi) is 3.81. The van der Waals surface area contributed by atoms with E-state index in [1.54, 1.807) is 12.1 Å². The maximum atomic E-state index is 11.0. The van der Waals surface area contributed by atoms with Crippen molar-refractivity contribution in [1.82, 2.24) is 5.32 Å². The van der Waals surface area contributed by atoms with E-state index in [1.807, 2.05) is 44.3 Å². The summed E-state index contributed by atoms with van der Waals surface area (Å²) in [6, 6.07) is 13.1. The average Bonchev–Trinajstić information content (AvgIpc) is 2.76. The van der Waals surface area contributed by atoms with Gasteiger partial charge in [-0.15, -0.1) is 0 Å². The minimum absolute atomic E-state index is 0.195. The first-order valence-electron chi connectivity index (χ1n) is 7.45. The monoisotopic (exact) mass is 299 g/mol. The maximum Gasteiger partial charge on any atom is 0.154 e. The van der Waals surface area contributed by atoms with Crippen LogP contribution in [0.4, 0.5) is 0 Å². The summed E-state index contributed by atoms with van der Waals surface area (Å²) < 4.78 is 6.13. The Morgan fingerprint density at radius 1 is 1.23 bits per heavy atom. The molecule has 0 aromatic heterocycles. The highest BCUT2D eigenvalue weighted by Gasteiger charge is 2.46. The second-order valence-electron chi connectivity index (χ2n) is 5.91. The maximum absolute atomic E-state index is 11.0. The number of fused-ring (bicyclic) bond motifs is 1. The minimum Gasteiger partial charge on any atom is -0.508 e. The molecule has 2 aromatic carbocycles. The first-order chi connectivity index (χ1) is 10.5. The lowest BCUT2D eigenvalue weighted by atomic mass is 9.97. The van der Waals surface area contributed by atoms with E-state index in [2.05, 4.69) is 5.32 Å². The Morgan fingerprint density at radius 3 is 2.77 bits per heavy atom. The van der Waals surface area contributed by atoms with E-state index in [-0.39, 0.29) is 5.75 Å². The fraction of sp³-hybridized carbons (Fsp3) is 0.333. The number of hydrogen-bond acceptors (Lipinski definition) is 4. The highest BCUT2D eigenvalue weighted by atomic mass is 16.5. The molecule has 22 heavy (non-hydrogen) atoms. The van der Waals surface area contributed by atoms with E-state index < -0.39 is 11.7 Å². The van der Waals surface area contributed by atoms with Crippen LogP contribution in [0.1, 0.15) is 22.8 Å². The van der Waals surface area contributed by atoms with E-state index in [9.17, 15) is 10.2 Å². The normalized spacial score (nSPS) is 23.3. The van der Waals surface area contributed by atoms with Gasteiger partial charge >= 0.3 is 0 Å². The van der Waals surface area contributed by atoms with E-state index >= 15 is 0 Å². The van der Waals surface area contributed by atoms with Gasteiger partial charge in [-0.25, -0.2) is 0 Å². The number of phenols is 1. The Hall–Kier alpha value is -2.04. The Balaban J connectivity index is 2.00. The molecule has 0 saturated heterocycles. The zero-order valence-electron chi connectivity index (χ0n) is 12.8.